The Kier molecular flexibility index (Phi) is 3.04. The van der Waals surface area contributed by atoms with Gasteiger partial charge in [-0.15, -0.1) is 0 Å². The number of pyridine rings is 1. The van der Waals surface area contributed by atoms with E-state index in [0.717, 1.165) is 25.7 Å². The van der Waals surface area contributed by atoms with Crippen LogP contribution in [-0.2, 0) is 5.60 Å². The molecule has 1 aromatic heterocycles. The van der Waals surface area contributed by atoms with Crippen LogP contribution in [0.1, 0.15) is 43.5 Å². The van der Waals surface area contributed by atoms with Crippen LogP contribution in [0.2, 0.25) is 0 Å². The van der Waals surface area contributed by atoms with Crippen LogP contribution in [0.5, 0.6) is 0 Å². The Morgan fingerprint density at radius 2 is 2.05 bits per heavy atom. The lowest BCUT2D eigenvalue weighted by Gasteiger charge is -2.50. The fourth-order valence-electron chi connectivity index (χ4n) is 3.61. The normalized spacial score (nSPS) is 34.8. The van der Waals surface area contributed by atoms with Crippen molar-refractivity contribution in [2.24, 2.45) is 0 Å². The molecule has 3 rings (SSSR count). The van der Waals surface area contributed by atoms with Gasteiger partial charge in [-0.2, -0.15) is 5.26 Å². The van der Waals surface area contributed by atoms with E-state index in [1.807, 2.05) is 12.1 Å². The molecule has 0 amide bonds. The maximum Gasteiger partial charge on any atom is 0.140 e. The molecule has 0 spiro atoms. The van der Waals surface area contributed by atoms with Crippen molar-refractivity contribution in [3.05, 3.63) is 29.6 Å². The molecule has 4 nitrogen and oxygen atoms in total. The van der Waals surface area contributed by atoms with Crippen LogP contribution in [0.3, 0.4) is 0 Å². The van der Waals surface area contributed by atoms with E-state index < -0.39 is 5.60 Å². The topological polar surface area (TPSA) is 60.1 Å². The quantitative estimate of drug-likeness (QED) is 0.833. The average molecular weight is 257 g/mol. The van der Waals surface area contributed by atoms with Crippen molar-refractivity contribution in [1.29, 1.82) is 5.26 Å². The van der Waals surface area contributed by atoms with Crippen molar-refractivity contribution in [2.45, 2.75) is 49.8 Å². The van der Waals surface area contributed by atoms with Gasteiger partial charge in [0.2, 0.25) is 0 Å². The van der Waals surface area contributed by atoms with Gasteiger partial charge in [-0.3, -0.25) is 0 Å². The van der Waals surface area contributed by atoms with Crippen molar-refractivity contribution in [3.8, 4) is 6.07 Å². The lowest BCUT2D eigenvalue weighted by molar-refractivity contribution is -0.0899. The predicted octanol–water partition coefficient (Wildman–Crippen LogP) is 1.79. The molecular formula is C15H19N3O. The number of nitriles is 1. The highest BCUT2D eigenvalue weighted by molar-refractivity contribution is 5.26. The van der Waals surface area contributed by atoms with Crippen LogP contribution in [0, 0.1) is 11.3 Å². The number of nitrogens with zero attached hydrogens (tertiary/aromatic N) is 3. The van der Waals surface area contributed by atoms with E-state index in [-0.39, 0.29) is 0 Å². The van der Waals surface area contributed by atoms with Crippen LogP contribution >= 0.6 is 0 Å². The minimum Gasteiger partial charge on any atom is -0.383 e. The van der Waals surface area contributed by atoms with Crippen molar-refractivity contribution in [1.82, 2.24) is 9.88 Å². The first-order valence-electron chi connectivity index (χ1n) is 6.94. The molecular weight excluding hydrogens is 238 g/mol. The Balaban J connectivity index is 1.93. The number of piperidine rings is 2. The smallest absolute Gasteiger partial charge is 0.140 e. The van der Waals surface area contributed by atoms with Crippen LogP contribution in [0.4, 0.5) is 0 Å². The first-order chi connectivity index (χ1) is 9.12. The highest BCUT2D eigenvalue weighted by Crippen LogP contribution is 2.42. The fourth-order valence-corrected chi connectivity index (χ4v) is 3.61. The monoisotopic (exact) mass is 257 g/mol. The van der Waals surface area contributed by atoms with E-state index in [2.05, 4.69) is 23.0 Å². The molecule has 3 heterocycles. The van der Waals surface area contributed by atoms with E-state index in [1.54, 1.807) is 6.07 Å². The van der Waals surface area contributed by atoms with Crippen LogP contribution in [0.25, 0.3) is 0 Å². The molecule has 0 saturated carbocycles. The summed E-state index contributed by atoms with van der Waals surface area (Å²) in [5.74, 6) is 0. The van der Waals surface area contributed by atoms with Gasteiger partial charge in [0.05, 0.1) is 5.69 Å². The summed E-state index contributed by atoms with van der Waals surface area (Å²) in [5, 5.41) is 19.9. The Morgan fingerprint density at radius 1 is 1.37 bits per heavy atom. The average Bonchev–Trinajstić information content (AvgIpc) is 2.41. The summed E-state index contributed by atoms with van der Waals surface area (Å²) in [7, 11) is 2.16. The second-order valence-corrected chi connectivity index (χ2v) is 5.86. The van der Waals surface area contributed by atoms with Gasteiger partial charge in [0.25, 0.3) is 0 Å². The molecule has 0 aliphatic carbocycles. The first-order valence-corrected chi connectivity index (χ1v) is 6.94. The molecule has 2 fully saturated rings. The fraction of sp³-hybridized carbons (Fsp3) is 0.600. The molecule has 0 radical (unpaired) electrons. The maximum atomic E-state index is 11.0. The molecule has 2 atom stereocenters. The number of hydrogen-bond acceptors (Lipinski definition) is 4. The second-order valence-electron chi connectivity index (χ2n) is 5.86. The number of hydrogen-bond donors (Lipinski definition) is 1. The standard InChI is InChI=1S/C15H19N3O/c1-18-12-5-3-6-13(18)9-15(19,8-12)14-7-2-4-11(10-16)17-14/h2,4,7,12-13,19H,3,5-6,8-9H2,1H3. The van der Waals surface area contributed by atoms with Crippen molar-refractivity contribution in [3.63, 3.8) is 0 Å². The van der Waals surface area contributed by atoms with Gasteiger partial charge >= 0.3 is 0 Å². The molecule has 2 bridgehead atoms. The summed E-state index contributed by atoms with van der Waals surface area (Å²) in [6, 6.07) is 8.27. The van der Waals surface area contributed by atoms with E-state index >= 15 is 0 Å². The Labute approximate surface area is 113 Å². The molecule has 2 saturated heterocycles. The highest BCUT2D eigenvalue weighted by Gasteiger charge is 2.45. The molecule has 4 heteroatoms. The summed E-state index contributed by atoms with van der Waals surface area (Å²) >= 11 is 0. The molecule has 1 aromatic rings. The van der Waals surface area contributed by atoms with Crippen LogP contribution < -0.4 is 0 Å². The molecule has 0 aromatic carbocycles. The van der Waals surface area contributed by atoms with Gasteiger partial charge in [0, 0.05) is 12.1 Å². The Morgan fingerprint density at radius 3 is 2.68 bits per heavy atom. The van der Waals surface area contributed by atoms with Crippen LogP contribution in [-0.4, -0.2) is 34.1 Å². The summed E-state index contributed by atoms with van der Waals surface area (Å²) in [6.45, 7) is 0. The Bertz CT molecular complexity index is 508. The van der Waals surface area contributed by atoms with Gasteiger partial charge in [0.15, 0.2) is 0 Å². The third kappa shape index (κ3) is 2.13. The third-order valence-electron chi connectivity index (χ3n) is 4.71. The number of aromatic nitrogens is 1. The minimum atomic E-state index is -0.866. The summed E-state index contributed by atoms with van der Waals surface area (Å²) in [4.78, 5) is 6.72. The molecule has 2 unspecified atom stereocenters. The number of aliphatic hydroxyl groups is 1. The number of rotatable bonds is 1. The second kappa shape index (κ2) is 4.59. The van der Waals surface area contributed by atoms with Gasteiger partial charge in [0.1, 0.15) is 17.4 Å². The summed E-state index contributed by atoms with van der Waals surface area (Å²) in [5.41, 5.74) is 0.182. The largest absolute Gasteiger partial charge is 0.383 e. The molecule has 2 aliphatic heterocycles. The van der Waals surface area contributed by atoms with Crippen LogP contribution in [0.15, 0.2) is 18.2 Å². The zero-order valence-corrected chi connectivity index (χ0v) is 11.2. The van der Waals surface area contributed by atoms with Gasteiger partial charge in [-0.05, 0) is 44.9 Å². The summed E-state index contributed by atoms with van der Waals surface area (Å²) < 4.78 is 0. The third-order valence-corrected chi connectivity index (χ3v) is 4.71. The van der Waals surface area contributed by atoms with E-state index in [0.29, 0.717) is 23.5 Å². The number of fused-ring (bicyclic) bond motifs is 2. The van der Waals surface area contributed by atoms with Gasteiger partial charge in [-0.25, -0.2) is 4.98 Å². The van der Waals surface area contributed by atoms with E-state index in [4.69, 9.17) is 5.26 Å². The van der Waals surface area contributed by atoms with Gasteiger partial charge in [-0.1, -0.05) is 12.5 Å². The summed E-state index contributed by atoms with van der Waals surface area (Å²) in [6.07, 6.45) is 4.99. The Hall–Kier alpha value is -1.44. The van der Waals surface area contributed by atoms with Gasteiger partial charge < -0.3 is 10.0 Å². The van der Waals surface area contributed by atoms with Crippen molar-refractivity contribution >= 4 is 0 Å². The lowest BCUT2D eigenvalue weighted by atomic mass is 9.74. The zero-order valence-electron chi connectivity index (χ0n) is 11.2. The van der Waals surface area contributed by atoms with Crippen molar-refractivity contribution in [2.75, 3.05) is 7.05 Å². The molecule has 1 N–H and O–H groups in total. The lowest BCUT2D eigenvalue weighted by Crippen LogP contribution is -2.55. The highest BCUT2D eigenvalue weighted by atomic mass is 16.3. The van der Waals surface area contributed by atoms with E-state index in [1.165, 1.54) is 6.42 Å². The molecule has 2 aliphatic rings. The molecule has 19 heavy (non-hydrogen) atoms. The zero-order chi connectivity index (χ0) is 13.5. The first kappa shape index (κ1) is 12.6. The molecule has 100 valence electrons. The maximum absolute atomic E-state index is 11.0. The van der Waals surface area contributed by atoms with E-state index in [9.17, 15) is 5.11 Å². The van der Waals surface area contributed by atoms with Crippen molar-refractivity contribution < 1.29 is 5.11 Å². The minimum absolute atomic E-state index is 0.384. The SMILES string of the molecule is CN1C2CCCC1CC(O)(c1cccc(C#N)n1)C2. The predicted molar refractivity (Wildman–Crippen MR) is 71.3 cm³/mol.